The second-order valence-electron chi connectivity index (χ2n) is 3.77. The van der Waals surface area contributed by atoms with Gasteiger partial charge in [-0.2, -0.15) is 0 Å². The molecule has 1 atom stereocenters. The summed E-state index contributed by atoms with van der Waals surface area (Å²) in [7, 11) is 0. The van der Waals surface area contributed by atoms with E-state index in [0.717, 1.165) is 18.6 Å². The Morgan fingerprint density at radius 3 is 2.80 bits per heavy atom. The van der Waals surface area contributed by atoms with E-state index in [1.807, 2.05) is 6.07 Å². The lowest BCUT2D eigenvalue weighted by Gasteiger charge is -2.20. The Bertz CT molecular complexity index is 359. The number of halogens is 1. The van der Waals surface area contributed by atoms with Gasteiger partial charge in [0.2, 0.25) is 0 Å². The zero-order chi connectivity index (χ0) is 10.7. The minimum atomic E-state index is -0.0298. The highest BCUT2D eigenvalue weighted by Crippen LogP contribution is 2.30. The van der Waals surface area contributed by atoms with E-state index in [1.54, 1.807) is 6.07 Å². The molecular formula is C11H15ClN2O. The Morgan fingerprint density at radius 1 is 1.40 bits per heavy atom. The summed E-state index contributed by atoms with van der Waals surface area (Å²) in [6.07, 6.45) is 6.93. The van der Waals surface area contributed by atoms with Gasteiger partial charge in [-0.3, -0.25) is 5.84 Å². The molecule has 1 aromatic rings. The predicted octanol–water partition coefficient (Wildman–Crippen LogP) is 2.94. The van der Waals surface area contributed by atoms with E-state index in [4.69, 9.17) is 21.9 Å². The van der Waals surface area contributed by atoms with Crippen LogP contribution in [0.2, 0.25) is 5.22 Å². The summed E-state index contributed by atoms with van der Waals surface area (Å²) in [6.45, 7) is 0. The number of hydrogen-bond donors (Lipinski definition) is 2. The highest BCUT2D eigenvalue weighted by atomic mass is 35.5. The van der Waals surface area contributed by atoms with Crippen molar-refractivity contribution < 1.29 is 4.42 Å². The van der Waals surface area contributed by atoms with Crippen molar-refractivity contribution in [2.24, 2.45) is 5.84 Å². The molecule has 1 aliphatic carbocycles. The maximum atomic E-state index is 5.75. The molecule has 4 heteroatoms. The summed E-state index contributed by atoms with van der Waals surface area (Å²) in [6, 6.07) is 3.57. The first-order valence-corrected chi connectivity index (χ1v) is 5.59. The van der Waals surface area contributed by atoms with E-state index in [2.05, 4.69) is 11.5 Å². The molecule has 0 aromatic carbocycles. The third kappa shape index (κ3) is 2.43. The molecule has 1 aliphatic rings. The summed E-state index contributed by atoms with van der Waals surface area (Å²) < 4.78 is 5.37. The van der Waals surface area contributed by atoms with Crippen LogP contribution < -0.4 is 11.3 Å². The lowest BCUT2D eigenvalue weighted by Crippen LogP contribution is -2.29. The SMILES string of the molecule is NNC(C1=CCCCC1)c1ccc(Cl)o1. The Kier molecular flexibility index (Phi) is 3.46. The fraction of sp³-hybridized carbons (Fsp3) is 0.455. The molecule has 15 heavy (non-hydrogen) atoms. The van der Waals surface area contributed by atoms with E-state index in [0.29, 0.717) is 5.22 Å². The van der Waals surface area contributed by atoms with Crippen LogP contribution in [0.15, 0.2) is 28.2 Å². The van der Waals surface area contributed by atoms with Crippen molar-refractivity contribution in [3.63, 3.8) is 0 Å². The van der Waals surface area contributed by atoms with Crippen LogP contribution in [-0.2, 0) is 0 Å². The Morgan fingerprint density at radius 2 is 2.27 bits per heavy atom. The Balaban J connectivity index is 2.19. The van der Waals surface area contributed by atoms with Crippen LogP contribution in [0.1, 0.15) is 37.5 Å². The number of allylic oxidation sites excluding steroid dienone is 1. The van der Waals surface area contributed by atoms with E-state index in [1.165, 1.54) is 18.4 Å². The summed E-state index contributed by atoms with van der Waals surface area (Å²) in [5.41, 5.74) is 4.08. The third-order valence-corrected chi connectivity index (χ3v) is 2.95. The van der Waals surface area contributed by atoms with E-state index in [9.17, 15) is 0 Å². The molecule has 0 saturated heterocycles. The number of hydrogen-bond acceptors (Lipinski definition) is 3. The van der Waals surface area contributed by atoms with Crippen molar-refractivity contribution in [3.8, 4) is 0 Å². The summed E-state index contributed by atoms with van der Waals surface area (Å²) in [4.78, 5) is 0. The largest absolute Gasteiger partial charge is 0.448 e. The van der Waals surface area contributed by atoms with Gasteiger partial charge in [-0.1, -0.05) is 6.08 Å². The smallest absolute Gasteiger partial charge is 0.193 e. The number of hydrazine groups is 1. The van der Waals surface area contributed by atoms with Crippen LogP contribution in [0.5, 0.6) is 0 Å². The first kappa shape index (κ1) is 10.7. The molecule has 82 valence electrons. The van der Waals surface area contributed by atoms with Crippen LogP contribution in [0.4, 0.5) is 0 Å². The molecule has 3 nitrogen and oxygen atoms in total. The summed E-state index contributed by atoms with van der Waals surface area (Å²) in [5.74, 6) is 6.34. The van der Waals surface area contributed by atoms with Crippen LogP contribution >= 0.6 is 11.6 Å². The van der Waals surface area contributed by atoms with Crippen molar-refractivity contribution in [2.75, 3.05) is 0 Å². The van der Waals surface area contributed by atoms with E-state index >= 15 is 0 Å². The number of nitrogens with two attached hydrogens (primary N) is 1. The number of furan rings is 1. The molecule has 0 saturated carbocycles. The second-order valence-corrected chi connectivity index (χ2v) is 4.14. The molecule has 1 heterocycles. The summed E-state index contributed by atoms with van der Waals surface area (Å²) in [5, 5.41) is 0.404. The second kappa shape index (κ2) is 4.84. The molecular weight excluding hydrogens is 212 g/mol. The summed E-state index contributed by atoms with van der Waals surface area (Å²) >= 11 is 5.75. The fourth-order valence-electron chi connectivity index (χ4n) is 1.98. The van der Waals surface area contributed by atoms with Crippen molar-refractivity contribution >= 4 is 11.6 Å². The molecule has 0 amide bonds. The third-order valence-electron chi connectivity index (χ3n) is 2.74. The molecule has 0 fully saturated rings. The van der Waals surface area contributed by atoms with Crippen molar-refractivity contribution in [1.82, 2.24) is 5.43 Å². The molecule has 0 radical (unpaired) electrons. The molecule has 1 unspecified atom stereocenters. The van der Waals surface area contributed by atoms with Crippen molar-refractivity contribution in [1.29, 1.82) is 0 Å². The van der Waals surface area contributed by atoms with Crippen LogP contribution in [0.25, 0.3) is 0 Å². The first-order chi connectivity index (χ1) is 7.31. The zero-order valence-corrected chi connectivity index (χ0v) is 9.26. The lowest BCUT2D eigenvalue weighted by molar-refractivity contribution is 0.437. The van der Waals surface area contributed by atoms with Gasteiger partial charge in [-0.15, -0.1) is 0 Å². The monoisotopic (exact) mass is 226 g/mol. The molecule has 0 spiro atoms. The molecule has 1 aromatic heterocycles. The molecule has 3 N–H and O–H groups in total. The maximum Gasteiger partial charge on any atom is 0.193 e. The van der Waals surface area contributed by atoms with Gasteiger partial charge >= 0.3 is 0 Å². The van der Waals surface area contributed by atoms with E-state index in [-0.39, 0.29) is 6.04 Å². The fourth-order valence-corrected chi connectivity index (χ4v) is 2.13. The molecule has 0 bridgehead atoms. The van der Waals surface area contributed by atoms with Gasteiger partial charge in [0, 0.05) is 0 Å². The Labute approximate surface area is 94.2 Å². The van der Waals surface area contributed by atoms with Gasteiger partial charge in [0.05, 0.1) is 6.04 Å². The van der Waals surface area contributed by atoms with Gasteiger partial charge in [0.1, 0.15) is 5.76 Å². The van der Waals surface area contributed by atoms with Gasteiger partial charge in [0.25, 0.3) is 0 Å². The maximum absolute atomic E-state index is 5.75. The van der Waals surface area contributed by atoms with Gasteiger partial charge < -0.3 is 4.42 Å². The van der Waals surface area contributed by atoms with Crippen LogP contribution in [0, 0.1) is 0 Å². The average molecular weight is 227 g/mol. The van der Waals surface area contributed by atoms with Crippen LogP contribution in [-0.4, -0.2) is 0 Å². The average Bonchev–Trinajstić information content (AvgIpc) is 2.68. The molecule has 2 rings (SSSR count). The van der Waals surface area contributed by atoms with Crippen LogP contribution in [0.3, 0.4) is 0 Å². The topological polar surface area (TPSA) is 51.2 Å². The quantitative estimate of drug-likeness (QED) is 0.473. The standard InChI is InChI=1S/C11H15ClN2O/c12-10-7-6-9(15-10)11(14-13)8-4-2-1-3-5-8/h4,6-7,11,14H,1-3,5,13H2. The van der Waals surface area contributed by atoms with E-state index < -0.39 is 0 Å². The predicted molar refractivity (Wildman–Crippen MR) is 60.3 cm³/mol. The van der Waals surface area contributed by atoms with Gasteiger partial charge in [-0.25, -0.2) is 5.43 Å². The van der Waals surface area contributed by atoms with Crippen molar-refractivity contribution in [2.45, 2.75) is 31.7 Å². The number of nitrogens with one attached hydrogen (secondary N) is 1. The number of rotatable bonds is 3. The minimum Gasteiger partial charge on any atom is -0.448 e. The van der Waals surface area contributed by atoms with Gasteiger partial charge in [-0.05, 0) is 55.0 Å². The zero-order valence-electron chi connectivity index (χ0n) is 8.50. The van der Waals surface area contributed by atoms with Crippen molar-refractivity contribution in [3.05, 3.63) is 34.8 Å². The minimum absolute atomic E-state index is 0.0298. The highest BCUT2D eigenvalue weighted by molar-refractivity contribution is 6.28. The molecule has 0 aliphatic heterocycles. The Hall–Kier alpha value is -0.770. The first-order valence-electron chi connectivity index (χ1n) is 5.21. The van der Waals surface area contributed by atoms with Gasteiger partial charge in [0.15, 0.2) is 5.22 Å². The highest BCUT2D eigenvalue weighted by Gasteiger charge is 2.19. The normalized spacial score (nSPS) is 18.7. The lowest BCUT2D eigenvalue weighted by atomic mass is 9.93.